The summed E-state index contributed by atoms with van der Waals surface area (Å²) >= 11 is 1.39. The van der Waals surface area contributed by atoms with Crippen LogP contribution in [0.4, 0.5) is 5.13 Å². The smallest absolute Gasteiger partial charge is 0.280 e. The summed E-state index contributed by atoms with van der Waals surface area (Å²) in [6.07, 6.45) is 6.09. The summed E-state index contributed by atoms with van der Waals surface area (Å²) in [5, 5.41) is 9.93. The lowest BCUT2D eigenvalue weighted by Crippen LogP contribution is -2.41. The van der Waals surface area contributed by atoms with E-state index in [9.17, 15) is 18.0 Å². The van der Waals surface area contributed by atoms with Gasteiger partial charge in [-0.25, -0.2) is 13.4 Å². The first-order valence-electron chi connectivity index (χ1n) is 12.8. The number of rotatable bonds is 11. The number of hydrogen-bond donors (Lipinski definition) is 2. The van der Waals surface area contributed by atoms with Crippen LogP contribution in [0, 0.1) is 0 Å². The Morgan fingerprint density at radius 3 is 2.61 bits per heavy atom. The molecule has 0 bridgehead atoms. The van der Waals surface area contributed by atoms with Crippen molar-refractivity contribution >= 4 is 44.3 Å². The number of ether oxygens (including phenoxy) is 1. The van der Waals surface area contributed by atoms with Gasteiger partial charge in [-0.2, -0.15) is 0 Å². The molecule has 5 rings (SSSR count). The highest BCUT2D eigenvalue weighted by Crippen LogP contribution is 2.33. The lowest BCUT2D eigenvalue weighted by molar-refractivity contribution is -0.111. The number of oxime groups is 1. The van der Waals surface area contributed by atoms with Gasteiger partial charge in [-0.1, -0.05) is 17.3 Å². The number of carbonyl (C=O) groups is 2. The number of carbonyl (C=O) groups excluding carboxylic acids is 2. The summed E-state index contributed by atoms with van der Waals surface area (Å²) < 4.78 is 30.5. The monoisotopic (exact) mass is 561 g/mol. The third kappa shape index (κ3) is 6.57. The number of nitrogens with zero attached hydrogens (tertiary/aromatic N) is 3. The Morgan fingerprint density at radius 1 is 1.18 bits per heavy atom. The van der Waals surface area contributed by atoms with E-state index in [1.165, 1.54) is 23.5 Å². The third-order valence-electron chi connectivity index (χ3n) is 6.86. The van der Waals surface area contributed by atoms with Crippen molar-refractivity contribution in [1.29, 1.82) is 0 Å². The second-order valence-electron chi connectivity index (χ2n) is 9.72. The van der Waals surface area contributed by atoms with Crippen molar-refractivity contribution in [2.45, 2.75) is 60.9 Å². The average molecular weight is 562 g/mol. The SMILES string of the molecule is O=CNC1CCN(Cc2cnc(NC(=O)C(=NO[C@@H]3CCOC3)c3ccc(S(=O)(=O)C4CC4)cc3)s2)CC1. The maximum Gasteiger partial charge on any atom is 0.280 e. The quantitative estimate of drug-likeness (QED) is 0.241. The van der Waals surface area contributed by atoms with E-state index in [2.05, 4.69) is 25.7 Å². The number of piperidine rings is 1. The number of thiazole rings is 1. The van der Waals surface area contributed by atoms with E-state index in [-0.39, 0.29) is 28.0 Å². The van der Waals surface area contributed by atoms with Crippen LogP contribution in [0.1, 0.15) is 42.5 Å². The molecule has 0 radical (unpaired) electrons. The highest BCUT2D eigenvalue weighted by molar-refractivity contribution is 7.92. The van der Waals surface area contributed by atoms with Crippen LogP contribution in [0.25, 0.3) is 0 Å². The Bertz CT molecular complexity index is 1260. The lowest BCUT2D eigenvalue weighted by Gasteiger charge is -2.31. The van der Waals surface area contributed by atoms with Crippen molar-refractivity contribution in [2.75, 3.05) is 31.6 Å². The average Bonchev–Trinajstić information content (AvgIpc) is 3.50. The maximum atomic E-state index is 13.3. The van der Waals surface area contributed by atoms with Gasteiger partial charge in [0.15, 0.2) is 26.8 Å². The summed E-state index contributed by atoms with van der Waals surface area (Å²) in [6, 6.07) is 6.41. The van der Waals surface area contributed by atoms with Crippen LogP contribution in [-0.2, 0) is 35.5 Å². The number of anilines is 1. The standard InChI is InChI=1S/C25H31N5O6S2/c31-16-27-18-7-10-30(11-8-18)14-20-13-26-25(37-20)28-24(32)23(29-36-19-9-12-35-15-19)17-1-3-21(4-2-17)38(33,34)22-5-6-22/h1-4,13,16,18-19,22H,5-12,14-15H2,(H,27,31)(H,26,28,32)/t19-/m1/s1. The van der Waals surface area contributed by atoms with Gasteiger partial charge in [-0.15, -0.1) is 11.3 Å². The first kappa shape index (κ1) is 26.7. The minimum atomic E-state index is -3.34. The van der Waals surface area contributed by atoms with Gasteiger partial charge in [-0.05, 0) is 37.8 Å². The van der Waals surface area contributed by atoms with Gasteiger partial charge in [0.25, 0.3) is 5.91 Å². The second kappa shape index (κ2) is 11.9. The molecule has 3 fully saturated rings. The minimum absolute atomic E-state index is 0.0359. The number of nitrogens with one attached hydrogen (secondary N) is 2. The molecule has 0 spiro atoms. The predicted octanol–water partition coefficient (Wildman–Crippen LogP) is 1.94. The van der Waals surface area contributed by atoms with Crippen molar-refractivity contribution in [3.63, 3.8) is 0 Å². The Labute approximate surface area is 225 Å². The van der Waals surface area contributed by atoms with E-state index in [0.717, 1.165) is 37.2 Å². The van der Waals surface area contributed by atoms with Crippen molar-refractivity contribution in [1.82, 2.24) is 15.2 Å². The first-order chi connectivity index (χ1) is 18.4. The van der Waals surface area contributed by atoms with Gasteiger partial charge in [0.1, 0.15) is 0 Å². The molecule has 0 unspecified atom stereocenters. The number of benzene rings is 1. The molecule has 1 aromatic carbocycles. The lowest BCUT2D eigenvalue weighted by atomic mass is 10.1. The molecule has 1 aromatic heterocycles. The molecule has 13 heteroatoms. The van der Waals surface area contributed by atoms with Crippen molar-refractivity contribution in [3.05, 3.63) is 40.9 Å². The van der Waals surface area contributed by atoms with Gasteiger partial charge < -0.3 is 14.9 Å². The van der Waals surface area contributed by atoms with Gasteiger partial charge >= 0.3 is 0 Å². The second-order valence-corrected chi connectivity index (χ2v) is 13.1. The largest absolute Gasteiger partial charge is 0.389 e. The molecule has 1 atom stereocenters. The van der Waals surface area contributed by atoms with Gasteiger partial charge in [0, 0.05) is 48.7 Å². The fourth-order valence-electron chi connectivity index (χ4n) is 4.49. The molecule has 2 aliphatic heterocycles. The molecule has 2 N–H and O–H groups in total. The predicted molar refractivity (Wildman–Crippen MR) is 142 cm³/mol. The normalized spacial score (nSPS) is 21.3. The molecule has 2 aromatic rings. The van der Waals surface area contributed by atoms with Crippen LogP contribution in [0.5, 0.6) is 0 Å². The third-order valence-corrected chi connectivity index (χ3v) is 10.0. The molecule has 1 aliphatic carbocycles. The van der Waals surface area contributed by atoms with E-state index < -0.39 is 15.7 Å². The van der Waals surface area contributed by atoms with E-state index in [0.29, 0.717) is 49.7 Å². The molecular weight excluding hydrogens is 530 g/mol. The van der Waals surface area contributed by atoms with E-state index >= 15 is 0 Å². The van der Waals surface area contributed by atoms with Crippen LogP contribution in [-0.4, -0.2) is 80.0 Å². The number of aromatic nitrogens is 1. The van der Waals surface area contributed by atoms with Crippen molar-refractivity contribution in [2.24, 2.45) is 5.16 Å². The Balaban J connectivity index is 1.26. The summed E-state index contributed by atoms with van der Waals surface area (Å²) in [7, 11) is -3.34. The van der Waals surface area contributed by atoms with Crippen LogP contribution in [0.15, 0.2) is 40.5 Å². The van der Waals surface area contributed by atoms with Crippen LogP contribution in [0.2, 0.25) is 0 Å². The molecule has 2 amide bonds. The molecule has 38 heavy (non-hydrogen) atoms. The first-order valence-corrected chi connectivity index (χ1v) is 15.1. The number of amides is 2. The van der Waals surface area contributed by atoms with E-state index in [1.54, 1.807) is 18.3 Å². The van der Waals surface area contributed by atoms with Crippen molar-refractivity contribution in [3.8, 4) is 0 Å². The topological polar surface area (TPSA) is 139 Å². The number of sulfone groups is 1. The van der Waals surface area contributed by atoms with Crippen LogP contribution < -0.4 is 10.6 Å². The fraction of sp³-hybridized carbons (Fsp3) is 0.520. The highest BCUT2D eigenvalue weighted by atomic mass is 32.2. The fourth-order valence-corrected chi connectivity index (χ4v) is 7.00. The van der Waals surface area contributed by atoms with E-state index in [4.69, 9.17) is 9.57 Å². The minimum Gasteiger partial charge on any atom is -0.389 e. The molecule has 3 heterocycles. The Morgan fingerprint density at radius 2 is 1.95 bits per heavy atom. The number of likely N-dealkylation sites (tertiary alicyclic amines) is 1. The zero-order valence-corrected chi connectivity index (χ0v) is 22.5. The molecular formula is C25H31N5O6S2. The van der Waals surface area contributed by atoms with Crippen LogP contribution in [0.3, 0.4) is 0 Å². The summed E-state index contributed by atoms with van der Waals surface area (Å²) in [5.74, 6) is -0.497. The zero-order chi connectivity index (χ0) is 26.5. The van der Waals surface area contributed by atoms with E-state index in [1.807, 2.05) is 0 Å². The molecule has 1 saturated carbocycles. The zero-order valence-electron chi connectivity index (χ0n) is 20.9. The molecule has 11 nitrogen and oxygen atoms in total. The molecule has 2 saturated heterocycles. The summed E-state index contributed by atoms with van der Waals surface area (Å²) in [5.41, 5.74) is 0.480. The van der Waals surface area contributed by atoms with Gasteiger partial charge in [0.2, 0.25) is 6.41 Å². The molecule has 3 aliphatic rings. The van der Waals surface area contributed by atoms with Crippen molar-refractivity contribution < 1.29 is 27.6 Å². The Hall–Kier alpha value is -2.87. The highest BCUT2D eigenvalue weighted by Gasteiger charge is 2.37. The summed E-state index contributed by atoms with van der Waals surface area (Å²) in [6.45, 7) is 3.43. The van der Waals surface area contributed by atoms with Crippen LogP contribution >= 0.6 is 11.3 Å². The Kier molecular flexibility index (Phi) is 8.36. The number of hydrogen-bond acceptors (Lipinski definition) is 10. The van der Waals surface area contributed by atoms with Gasteiger partial charge in [-0.3, -0.25) is 19.8 Å². The van der Waals surface area contributed by atoms with Gasteiger partial charge in [0.05, 0.1) is 23.4 Å². The summed E-state index contributed by atoms with van der Waals surface area (Å²) in [4.78, 5) is 37.4. The molecule has 204 valence electrons. The maximum absolute atomic E-state index is 13.3.